The maximum Gasteiger partial charge on any atom is 0.224 e. The van der Waals surface area contributed by atoms with Gasteiger partial charge in [-0.25, -0.2) is 13.8 Å². The number of imidazole rings is 1. The van der Waals surface area contributed by atoms with Crippen molar-refractivity contribution >= 4 is 34.0 Å². The van der Waals surface area contributed by atoms with E-state index in [0.29, 0.717) is 41.9 Å². The van der Waals surface area contributed by atoms with Crippen molar-refractivity contribution in [2.45, 2.75) is 82.4 Å². The molecule has 2 atom stereocenters. The standard InChI is InChI=1S/C23H35BF2N3OP/c1-4-5-16(14-8-10-23(26,31)11-9-14)21-28-17-7-6-15(19(25)20(17)29-21)12-18(30)27-13-22(2,3)24/h6-7,14,16H,4-5,8-13,24,31H2,1-3H3,(H,27,30)(H,28,29)/t14?,16-,23?/m0/s1. The third-order valence-corrected chi connectivity index (χ3v) is 6.82. The van der Waals surface area contributed by atoms with Crippen LogP contribution >= 0.6 is 9.24 Å². The van der Waals surface area contributed by atoms with E-state index in [4.69, 9.17) is 0 Å². The predicted octanol–water partition coefficient (Wildman–Crippen LogP) is 4.81. The van der Waals surface area contributed by atoms with Crippen molar-refractivity contribution in [2.24, 2.45) is 5.92 Å². The predicted molar refractivity (Wildman–Crippen MR) is 129 cm³/mol. The summed E-state index contributed by atoms with van der Waals surface area (Å²) in [5.41, 5.74) is 1.29. The second-order valence-corrected chi connectivity index (χ2v) is 11.4. The van der Waals surface area contributed by atoms with E-state index in [0.717, 1.165) is 31.5 Å². The minimum Gasteiger partial charge on any atom is -0.356 e. The monoisotopic (exact) mass is 449 g/mol. The van der Waals surface area contributed by atoms with Crippen LogP contribution in [0.2, 0.25) is 5.31 Å². The van der Waals surface area contributed by atoms with Crippen LogP contribution < -0.4 is 5.32 Å². The summed E-state index contributed by atoms with van der Waals surface area (Å²) in [4.78, 5) is 20.2. The Morgan fingerprint density at radius 3 is 2.71 bits per heavy atom. The summed E-state index contributed by atoms with van der Waals surface area (Å²) in [6, 6.07) is 3.47. The zero-order valence-electron chi connectivity index (χ0n) is 19.2. The molecule has 1 unspecified atom stereocenters. The van der Waals surface area contributed by atoms with E-state index >= 15 is 4.39 Å². The highest BCUT2D eigenvalue weighted by Gasteiger charge is 2.35. The van der Waals surface area contributed by atoms with Crippen LogP contribution in [-0.2, 0) is 11.2 Å². The van der Waals surface area contributed by atoms with Crippen LogP contribution in [0, 0.1) is 11.7 Å². The Hall–Kier alpha value is -1.49. The highest BCUT2D eigenvalue weighted by molar-refractivity contribution is 7.18. The molecular formula is C23H35BF2N3OP. The first kappa shape index (κ1) is 24.2. The van der Waals surface area contributed by atoms with Crippen molar-refractivity contribution in [1.29, 1.82) is 0 Å². The van der Waals surface area contributed by atoms with Crippen molar-refractivity contribution in [2.75, 3.05) is 6.54 Å². The molecule has 1 aromatic heterocycles. The van der Waals surface area contributed by atoms with Crippen molar-refractivity contribution < 1.29 is 13.6 Å². The fourth-order valence-electron chi connectivity index (χ4n) is 4.44. The second-order valence-electron chi connectivity index (χ2n) is 10.3. The number of hydrogen-bond acceptors (Lipinski definition) is 2. The lowest BCUT2D eigenvalue weighted by atomic mass is 9.72. The molecule has 31 heavy (non-hydrogen) atoms. The molecule has 1 aliphatic rings. The Morgan fingerprint density at radius 2 is 2.10 bits per heavy atom. The van der Waals surface area contributed by atoms with E-state index < -0.39 is 11.2 Å². The summed E-state index contributed by atoms with van der Waals surface area (Å²) in [5.74, 6) is 0.664. The topological polar surface area (TPSA) is 57.8 Å². The van der Waals surface area contributed by atoms with Crippen LogP contribution in [0.1, 0.15) is 76.6 Å². The fraction of sp³-hybridized carbons (Fsp3) is 0.652. The molecule has 1 aliphatic carbocycles. The van der Waals surface area contributed by atoms with Crippen LogP contribution in [0.4, 0.5) is 8.78 Å². The minimum absolute atomic E-state index is 0.00614. The van der Waals surface area contributed by atoms with E-state index in [1.165, 1.54) is 0 Å². The Balaban J connectivity index is 1.79. The van der Waals surface area contributed by atoms with Crippen LogP contribution in [-0.4, -0.2) is 35.7 Å². The number of nitrogens with one attached hydrogen (secondary N) is 2. The van der Waals surface area contributed by atoms with Gasteiger partial charge in [0, 0.05) is 12.5 Å². The first-order valence-electron chi connectivity index (χ1n) is 11.4. The minimum atomic E-state index is -1.16. The van der Waals surface area contributed by atoms with E-state index in [2.05, 4.69) is 31.4 Å². The largest absolute Gasteiger partial charge is 0.356 e. The van der Waals surface area contributed by atoms with Crippen LogP contribution in [0.25, 0.3) is 11.0 Å². The number of alkyl halides is 1. The van der Waals surface area contributed by atoms with Gasteiger partial charge in [0.05, 0.1) is 11.9 Å². The summed E-state index contributed by atoms with van der Waals surface area (Å²) in [6.45, 7) is 6.75. The van der Waals surface area contributed by atoms with Crippen molar-refractivity contribution in [1.82, 2.24) is 15.3 Å². The number of nitrogens with zero attached hydrogens (tertiary/aromatic N) is 1. The average Bonchev–Trinajstić information content (AvgIpc) is 3.11. The van der Waals surface area contributed by atoms with Crippen LogP contribution in [0.15, 0.2) is 12.1 Å². The Kier molecular flexibility index (Phi) is 7.45. The second kappa shape index (κ2) is 9.56. The Bertz CT molecular complexity index is 915. The fourth-order valence-corrected chi connectivity index (χ4v) is 4.78. The maximum atomic E-state index is 15.2. The lowest BCUT2D eigenvalue weighted by Crippen LogP contribution is -2.32. The average molecular weight is 449 g/mol. The molecule has 2 aromatic rings. The number of benzene rings is 1. The number of halogens is 2. The van der Waals surface area contributed by atoms with Crippen molar-refractivity contribution in [3.63, 3.8) is 0 Å². The summed E-state index contributed by atoms with van der Waals surface area (Å²) < 4.78 is 29.4. The number of aromatic nitrogens is 2. The molecule has 1 aromatic carbocycles. The number of fused-ring (bicyclic) bond motifs is 1. The molecule has 2 N–H and O–H groups in total. The highest BCUT2D eigenvalue weighted by atomic mass is 31.0. The number of amides is 1. The van der Waals surface area contributed by atoms with Gasteiger partial charge in [-0.1, -0.05) is 42.5 Å². The Morgan fingerprint density at radius 1 is 1.42 bits per heavy atom. The number of H-pyrrole nitrogens is 1. The zero-order valence-corrected chi connectivity index (χ0v) is 20.3. The van der Waals surface area contributed by atoms with Crippen LogP contribution in [0.5, 0.6) is 0 Å². The normalized spacial score (nSPS) is 23.1. The third kappa shape index (κ3) is 6.28. The van der Waals surface area contributed by atoms with E-state index in [1.54, 1.807) is 12.1 Å². The molecule has 0 saturated heterocycles. The number of hydrogen-bond donors (Lipinski definition) is 2. The van der Waals surface area contributed by atoms with Gasteiger partial charge >= 0.3 is 0 Å². The number of rotatable bonds is 8. The van der Waals surface area contributed by atoms with Crippen LogP contribution in [0.3, 0.4) is 0 Å². The molecule has 1 saturated carbocycles. The molecule has 170 valence electrons. The smallest absolute Gasteiger partial charge is 0.224 e. The molecule has 1 amide bonds. The lowest BCUT2D eigenvalue weighted by Gasteiger charge is -2.34. The molecule has 0 spiro atoms. The molecule has 4 nitrogen and oxygen atoms in total. The highest BCUT2D eigenvalue weighted by Crippen LogP contribution is 2.45. The van der Waals surface area contributed by atoms with Gasteiger partial charge in [0.15, 0.2) is 5.82 Å². The summed E-state index contributed by atoms with van der Waals surface area (Å²) >= 11 is 0. The molecular weight excluding hydrogens is 414 g/mol. The maximum absolute atomic E-state index is 15.2. The first-order valence-corrected chi connectivity index (χ1v) is 12.0. The molecule has 1 fully saturated rings. The third-order valence-electron chi connectivity index (χ3n) is 6.24. The molecule has 0 aliphatic heterocycles. The van der Waals surface area contributed by atoms with E-state index in [-0.39, 0.29) is 23.6 Å². The molecule has 0 radical (unpaired) electrons. The molecule has 3 rings (SSSR count). The summed E-state index contributed by atoms with van der Waals surface area (Å²) in [7, 11) is 4.39. The van der Waals surface area contributed by atoms with Gasteiger partial charge in [0.2, 0.25) is 5.91 Å². The van der Waals surface area contributed by atoms with Gasteiger partial charge in [-0.2, -0.15) is 0 Å². The zero-order chi connectivity index (χ0) is 22.8. The quantitative estimate of drug-likeness (QED) is 0.449. The Labute approximate surface area is 187 Å². The van der Waals surface area contributed by atoms with Gasteiger partial charge in [-0.15, -0.1) is 0 Å². The van der Waals surface area contributed by atoms with Gasteiger partial charge in [-0.05, 0) is 55.0 Å². The number of carbonyl (C=O) groups excluding carboxylic acids is 1. The lowest BCUT2D eigenvalue weighted by molar-refractivity contribution is -0.120. The van der Waals surface area contributed by atoms with E-state index in [1.807, 2.05) is 21.7 Å². The van der Waals surface area contributed by atoms with Crippen molar-refractivity contribution in [3.05, 3.63) is 29.3 Å². The summed E-state index contributed by atoms with van der Waals surface area (Å²) in [5, 5.41) is 1.69. The number of carbonyl (C=O) groups is 1. The summed E-state index contributed by atoms with van der Waals surface area (Å²) in [6.07, 6.45) is 4.60. The van der Waals surface area contributed by atoms with Gasteiger partial charge in [0.1, 0.15) is 24.6 Å². The molecule has 1 heterocycles. The number of aromatic amines is 1. The van der Waals surface area contributed by atoms with Gasteiger partial charge < -0.3 is 10.3 Å². The van der Waals surface area contributed by atoms with Crippen molar-refractivity contribution in [3.8, 4) is 0 Å². The first-order chi connectivity index (χ1) is 14.5. The van der Waals surface area contributed by atoms with Gasteiger partial charge in [-0.3, -0.25) is 4.79 Å². The molecule has 8 heteroatoms. The van der Waals surface area contributed by atoms with Gasteiger partial charge in [0.25, 0.3) is 0 Å². The van der Waals surface area contributed by atoms with E-state index in [9.17, 15) is 9.18 Å². The SMILES string of the molecule is BC(C)(C)CNC(=O)Cc1ccc2[nH]c([C@@H](CCC)C3CCC(F)(P)CC3)nc2c1F. The molecule has 0 bridgehead atoms.